The molecule has 2 aliphatic rings. The van der Waals surface area contributed by atoms with E-state index in [0.717, 1.165) is 44.5 Å². The average Bonchev–Trinajstić information content (AvgIpc) is 3.11. The van der Waals surface area contributed by atoms with Crippen LogP contribution >= 0.6 is 0 Å². The number of piperidine rings is 1. The van der Waals surface area contributed by atoms with Crippen LogP contribution < -0.4 is 10.6 Å². The van der Waals surface area contributed by atoms with Crippen molar-refractivity contribution in [3.8, 4) is 0 Å². The number of carbonyl (C=O) groups is 1. The van der Waals surface area contributed by atoms with Crippen LogP contribution in [0.4, 0.5) is 5.69 Å². The second kappa shape index (κ2) is 5.71. The number of anilines is 1. The van der Waals surface area contributed by atoms with Crippen molar-refractivity contribution in [1.29, 1.82) is 0 Å². The monoisotopic (exact) mass is 264 g/mol. The lowest BCUT2D eigenvalue weighted by atomic mass is 10.1. The fourth-order valence-corrected chi connectivity index (χ4v) is 2.68. The topological polar surface area (TPSA) is 68.2 Å². The quantitative estimate of drug-likeness (QED) is 0.852. The molecular formula is C13H20N4O2. The lowest BCUT2D eigenvalue weighted by Gasteiger charge is -2.22. The van der Waals surface area contributed by atoms with E-state index in [2.05, 4.69) is 15.7 Å². The van der Waals surface area contributed by atoms with Crippen molar-refractivity contribution in [3.63, 3.8) is 0 Å². The first-order valence-electron chi connectivity index (χ1n) is 7.00. The second-order valence-corrected chi connectivity index (χ2v) is 5.18. The molecule has 104 valence electrons. The molecule has 2 aliphatic heterocycles. The third kappa shape index (κ3) is 2.96. The minimum Gasteiger partial charge on any atom is -0.368 e. The van der Waals surface area contributed by atoms with Crippen molar-refractivity contribution in [3.05, 3.63) is 12.4 Å². The number of nitrogens with one attached hydrogen (secondary N) is 2. The van der Waals surface area contributed by atoms with Crippen LogP contribution in [0.15, 0.2) is 12.4 Å². The van der Waals surface area contributed by atoms with E-state index < -0.39 is 0 Å². The predicted octanol–water partition coefficient (Wildman–Crippen LogP) is 0.925. The molecule has 1 amide bonds. The molecule has 3 rings (SSSR count). The van der Waals surface area contributed by atoms with Gasteiger partial charge in [-0.3, -0.25) is 9.48 Å². The molecule has 1 atom stereocenters. The second-order valence-electron chi connectivity index (χ2n) is 5.18. The van der Waals surface area contributed by atoms with Crippen LogP contribution in [0.3, 0.4) is 0 Å². The van der Waals surface area contributed by atoms with Crippen molar-refractivity contribution >= 4 is 11.6 Å². The number of hydrogen-bond donors (Lipinski definition) is 2. The molecule has 2 N–H and O–H groups in total. The van der Waals surface area contributed by atoms with Gasteiger partial charge >= 0.3 is 0 Å². The van der Waals surface area contributed by atoms with Gasteiger partial charge < -0.3 is 15.4 Å². The van der Waals surface area contributed by atoms with Crippen molar-refractivity contribution in [2.45, 2.75) is 37.8 Å². The fraction of sp³-hybridized carbons (Fsp3) is 0.692. The number of rotatable bonds is 3. The van der Waals surface area contributed by atoms with Gasteiger partial charge in [-0.1, -0.05) is 0 Å². The van der Waals surface area contributed by atoms with Crippen molar-refractivity contribution in [2.24, 2.45) is 0 Å². The van der Waals surface area contributed by atoms with Gasteiger partial charge in [-0.2, -0.15) is 5.10 Å². The van der Waals surface area contributed by atoms with Gasteiger partial charge in [0.1, 0.15) is 6.10 Å². The molecule has 0 spiro atoms. The molecule has 0 unspecified atom stereocenters. The molecule has 1 aromatic heterocycles. The Bertz CT molecular complexity index is 434. The van der Waals surface area contributed by atoms with Gasteiger partial charge in [0.25, 0.3) is 5.91 Å². The van der Waals surface area contributed by atoms with Crippen LogP contribution in [0.5, 0.6) is 0 Å². The zero-order valence-electron chi connectivity index (χ0n) is 11.0. The first kappa shape index (κ1) is 12.6. The Hall–Kier alpha value is -1.40. The molecule has 0 aliphatic carbocycles. The third-order valence-corrected chi connectivity index (χ3v) is 3.77. The van der Waals surface area contributed by atoms with Crippen molar-refractivity contribution in [2.75, 3.05) is 25.0 Å². The number of ether oxygens (including phenoxy) is 1. The molecule has 6 heteroatoms. The first-order valence-corrected chi connectivity index (χ1v) is 7.00. The molecule has 0 bridgehead atoms. The summed E-state index contributed by atoms with van der Waals surface area (Å²) >= 11 is 0. The first-order chi connectivity index (χ1) is 9.33. The Morgan fingerprint density at radius 1 is 1.42 bits per heavy atom. The molecule has 0 radical (unpaired) electrons. The third-order valence-electron chi connectivity index (χ3n) is 3.77. The smallest absolute Gasteiger partial charge is 0.253 e. The van der Waals surface area contributed by atoms with E-state index in [1.807, 2.05) is 10.9 Å². The molecule has 6 nitrogen and oxygen atoms in total. The van der Waals surface area contributed by atoms with E-state index in [9.17, 15) is 4.79 Å². The highest BCUT2D eigenvalue weighted by atomic mass is 16.5. The lowest BCUT2D eigenvalue weighted by molar-refractivity contribution is -0.124. The summed E-state index contributed by atoms with van der Waals surface area (Å²) in [7, 11) is 0. The van der Waals surface area contributed by atoms with Crippen LogP contribution in [0, 0.1) is 0 Å². The number of amides is 1. The minimum atomic E-state index is -0.290. The average molecular weight is 264 g/mol. The number of hydrogen-bond acceptors (Lipinski definition) is 4. The Balaban J connectivity index is 1.59. The molecule has 1 aromatic rings. The maximum Gasteiger partial charge on any atom is 0.253 e. The maximum absolute atomic E-state index is 11.9. The summed E-state index contributed by atoms with van der Waals surface area (Å²) in [6.07, 6.45) is 7.29. The summed E-state index contributed by atoms with van der Waals surface area (Å²) < 4.78 is 7.33. The Labute approximate surface area is 112 Å². The summed E-state index contributed by atoms with van der Waals surface area (Å²) in [4.78, 5) is 11.9. The molecule has 3 heterocycles. The summed E-state index contributed by atoms with van der Waals surface area (Å²) in [5.41, 5.74) is 0.763. The van der Waals surface area contributed by atoms with Gasteiger partial charge in [0.15, 0.2) is 0 Å². The summed E-state index contributed by atoms with van der Waals surface area (Å²) in [5.74, 6) is -0.0534. The zero-order valence-corrected chi connectivity index (χ0v) is 11.0. The Morgan fingerprint density at radius 2 is 2.26 bits per heavy atom. The molecule has 0 aromatic carbocycles. The maximum atomic E-state index is 11.9. The van der Waals surface area contributed by atoms with E-state index in [1.54, 1.807) is 6.20 Å². The summed E-state index contributed by atoms with van der Waals surface area (Å²) in [5, 5.41) is 10.6. The SMILES string of the molecule is O=C(Nc1cnn(C2CCNCC2)c1)[C@H]1CCCO1. The van der Waals surface area contributed by atoms with Gasteiger partial charge in [-0.15, -0.1) is 0 Å². The molecule has 0 saturated carbocycles. The lowest BCUT2D eigenvalue weighted by Crippen LogP contribution is -2.29. The van der Waals surface area contributed by atoms with E-state index in [4.69, 9.17) is 4.74 Å². The summed E-state index contributed by atoms with van der Waals surface area (Å²) in [6.45, 7) is 2.75. The highest BCUT2D eigenvalue weighted by Gasteiger charge is 2.24. The number of aromatic nitrogens is 2. The van der Waals surface area contributed by atoms with E-state index in [1.165, 1.54) is 0 Å². The minimum absolute atomic E-state index is 0.0534. The van der Waals surface area contributed by atoms with E-state index in [0.29, 0.717) is 12.6 Å². The van der Waals surface area contributed by atoms with Crippen LogP contribution in [-0.2, 0) is 9.53 Å². The fourth-order valence-electron chi connectivity index (χ4n) is 2.68. The van der Waals surface area contributed by atoms with Crippen LogP contribution in [0.25, 0.3) is 0 Å². The van der Waals surface area contributed by atoms with Gasteiger partial charge in [0.05, 0.1) is 17.9 Å². The predicted molar refractivity (Wildman–Crippen MR) is 71.0 cm³/mol. The number of carbonyl (C=O) groups excluding carboxylic acids is 1. The molecule has 19 heavy (non-hydrogen) atoms. The number of nitrogens with zero attached hydrogens (tertiary/aromatic N) is 2. The largest absolute Gasteiger partial charge is 0.368 e. The van der Waals surface area contributed by atoms with E-state index >= 15 is 0 Å². The normalized spacial score (nSPS) is 24.5. The van der Waals surface area contributed by atoms with Crippen LogP contribution in [0.1, 0.15) is 31.7 Å². The van der Waals surface area contributed by atoms with Crippen molar-refractivity contribution in [1.82, 2.24) is 15.1 Å². The summed E-state index contributed by atoms with van der Waals surface area (Å²) in [6, 6.07) is 0.439. The zero-order chi connectivity index (χ0) is 13.1. The molecular weight excluding hydrogens is 244 g/mol. The molecule has 2 fully saturated rings. The highest BCUT2D eigenvalue weighted by molar-refractivity contribution is 5.94. The van der Waals surface area contributed by atoms with Crippen molar-refractivity contribution < 1.29 is 9.53 Å². The van der Waals surface area contributed by atoms with Crippen LogP contribution in [0.2, 0.25) is 0 Å². The van der Waals surface area contributed by atoms with Gasteiger partial charge in [0, 0.05) is 12.8 Å². The Morgan fingerprint density at radius 3 is 3.00 bits per heavy atom. The van der Waals surface area contributed by atoms with Crippen LogP contribution in [-0.4, -0.2) is 41.5 Å². The van der Waals surface area contributed by atoms with E-state index in [-0.39, 0.29) is 12.0 Å². The van der Waals surface area contributed by atoms with Gasteiger partial charge in [0.2, 0.25) is 0 Å². The van der Waals surface area contributed by atoms with Gasteiger partial charge in [-0.25, -0.2) is 0 Å². The highest BCUT2D eigenvalue weighted by Crippen LogP contribution is 2.20. The standard InChI is InChI=1S/C13H20N4O2/c18-13(12-2-1-7-19-12)16-10-8-15-17(9-10)11-3-5-14-6-4-11/h8-9,11-12,14H,1-7H2,(H,16,18)/t12-/m1/s1. The van der Waals surface area contributed by atoms with Gasteiger partial charge in [-0.05, 0) is 38.8 Å². The Kier molecular flexibility index (Phi) is 3.79. The molecule has 2 saturated heterocycles.